The van der Waals surface area contributed by atoms with Gasteiger partial charge in [-0.3, -0.25) is 0 Å². The third-order valence-electron chi connectivity index (χ3n) is 4.84. The summed E-state index contributed by atoms with van der Waals surface area (Å²) >= 11 is 0. The minimum atomic E-state index is -0.497. The van der Waals surface area contributed by atoms with Crippen LogP contribution in [0.5, 0.6) is 0 Å². The number of hydrogen-bond acceptors (Lipinski definition) is 3. The Hall–Kier alpha value is -0.900. The quantitative estimate of drug-likeness (QED) is 0.785. The molecule has 20 heavy (non-hydrogen) atoms. The summed E-state index contributed by atoms with van der Waals surface area (Å²) in [6, 6.07) is 10.4. The van der Waals surface area contributed by atoms with Gasteiger partial charge in [0, 0.05) is 5.92 Å². The second-order valence-electron chi connectivity index (χ2n) is 6.67. The predicted octanol–water partition coefficient (Wildman–Crippen LogP) is 3.45. The summed E-state index contributed by atoms with van der Waals surface area (Å²) in [5.41, 5.74) is 1.20. The summed E-state index contributed by atoms with van der Waals surface area (Å²) in [4.78, 5) is 0. The van der Waals surface area contributed by atoms with Crippen molar-refractivity contribution >= 4 is 0 Å². The fourth-order valence-corrected chi connectivity index (χ4v) is 4.06. The van der Waals surface area contributed by atoms with Crippen LogP contribution in [0, 0.1) is 5.92 Å². The fourth-order valence-electron chi connectivity index (χ4n) is 4.06. The zero-order valence-electron chi connectivity index (χ0n) is 12.1. The summed E-state index contributed by atoms with van der Waals surface area (Å²) in [6.07, 6.45) is 4.13. The molecule has 1 aromatic carbocycles. The lowest BCUT2D eigenvalue weighted by Gasteiger charge is -2.39. The molecule has 108 valence electrons. The molecule has 1 aliphatic carbocycles. The van der Waals surface area contributed by atoms with Gasteiger partial charge in [-0.2, -0.15) is 0 Å². The van der Waals surface area contributed by atoms with Crippen LogP contribution in [0.1, 0.15) is 44.8 Å². The number of ether oxygens (including phenoxy) is 3. The van der Waals surface area contributed by atoms with E-state index in [4.69, 9.17) is 14.2 Å². The second-order valence-corrected chi connectivity index (χ2v) is 6.67. The van der Waals surface area contributed by atoms with Crippen LogP contribution < -0.4 is 0 Å². The van der Waals surface area contributed by atoms with Gasteiger partial charge in [0.05, 0.1) is 12.2 Å². The Morgan fingerprint density at radius 2 is 1.75 bits per heavy atom. The molecule has 0 unspecified atom stereocenters. The Bertz CT molecular complexity index is 484. The van der Waals surface area contributed by atoms with Crippen molar-refractivity contribution in [3.05, 3.63) is 35.9 Å². The van der Waals surface area contributed by atoms with E-state index in [0.717, 1.165) is 6.42 Å². The normalized spacial score (nSPS) is 42.2. The van der Waals surface area contributed by atoms with Gasteiger partial charge >= 0.3 is 0 Å². The first-order chi connectivity index (χ1) is 9.64. The third kappa shape index (κ3) is 2.00. The molecule has 2 saturated heterocycles. The molecular weight excluding hydrogens is 252 g/mol. The molecule has 4 rings (SSSR count). The van der Waals surface area contributed by atoms with Crippen molar-refractivity contribution in [2.45, 2.75) is 63.3 Å². The molecule has 0 N–H and O–H groups in total. The zero-order valence-corrected chi connectivity index (χ0v) is 12.1. The maximum Gasteiger partial charge on any atom is 0.163 e. The Kier molecular flexibility index (Phi) is 2.92. The lowest BCUT2D eigenvalue weighted by molar-refractivity contribution is -0.162. The molecule has 0 radical (unpaired) electrons. The molecule has 3 fully saturated rings. The van der Waals surface area contributed by atoms with Crippen molar-refractivity contribution in [3.8, 4) is 0 Å². The highest BCUT2D eigenvalue weighted by Crippen LogP contribution is 2.50. The monoisotopic (exact) mass is 274 g/mol. The van der Waals surface area contributed by atoms with E-state index in [9.17, 15) is 0 Å². The van der Waals surface area contributed by atoms with Gasteiger partial charge in [0.2, 0.25) is 0 Å². The van der Waals surface area contributed by atoms with Crippen molar-refractivity contribution in [3.63, 3.8) is 0 Å². The first-order valence-corrected chi connectivity index (χ1v) is 7.70. The van der Waals surface area contributed by atoms with Crippen LogP contribution in [0.25, 0.3) is 0 Å². The first-order valence-electron chi connectivity index (χ1n) is 7.70. The van der Waals surface area contributed by atoms with E-state index in [2.05, 4.69) is 24.3 Å². The van der Waals surface area contributed by atoms with E-state index < -0.39 is 5.79 Å². The van der Waals surface area contributed by atoms with Gasteiger partial charge in [0.15, 0.2) is 5.79 Å². The largest absolute Gasteiger partial charge is 0.367 e. The maximum absolute atomic E-state index is 6.40. The van der Waals surface area contributed by atoms with Gasteiger partial charge in [-0.05, 0) is 32.3 Å². The van der Waals surface area contributed by atoms with E-state index >= 15 is 0 Å². The highest BCUT2D eigenvalue weighted by Gasteiger charge is 2.56. The number of hydrogen-bond donors (Lipinski definition) is 0. The van der Waals surface area contributed by atoms with Crippen LogP contribution in [-0.4, -0.2) is 24.1 Å². The van der Waals surface area contributed by atoms with E-state index in [1.807, 2.05) is 19.9 Å². The van der Waals surface area contributed by atoms with E-state index in [1.165, 1.54) is 18.4 Å². The molecular formula is C17H22O3. The molecule has 0 amide bonds. The fraction of sp³-hybridized carbons (Fsp3) is 0.647. The SMILES string of the molecule is CC1(C)O[C@@H]2[C@H]3CCC[C@@H]3O[C@H](c3ccccc3)[C@H]2O1. The van der Waals surface area contributed by atoms with Gasteiger partial charge in [0.25, 0.3) is 0 Å². The van der Waals surface area contributed by atoms with Crippen LogP contribution in [0.2, 0.25) is 0 Å². The van der Waals surface area contributed by atoms with Gasteiger partial charge < -0.3 is 14.2 Å². The summed E-state index contributed by atoms with van der Waals surface area (Å²) in [6.45, 7) is 4.02. The van der Waals surface area contributed by atoms with Crippen molar-refractivity contribution in [1.29, 1.82) is 0 Å². The lowest BCUT2D eigenvalue weighted by Crippen LogP contribution is -2.46. The van der Waals surface area contributed by atoms with Crippen LogP contribution in [0.15, 0.2) is 30.3 Å². The average molecular weight is 274 g/mol. The van der Waals surface area contributed by atoms with Gasteiger partial charge in [0.1, 0.15) is 12.2 Å². The highest BCUT2D eigenvalue weighted by molar-refractivity contribution is 5.21. The highest BCUT2D eigenvalue weighted by atomic mass is 16.8. The zero-order chi connectivity index (χ0) is 13.7. The smallest absolute Gasteiger partial charge is 0.163 e. The molecule has 5 atom stereocenters. The molecule has 3 aliphatic rings. The van der Waals surface area contributed by atoms with Gasteiger partial charge in [-0.25, -0.2) is 0 Å². The van der Waals surface area contributed by atoms with Crippen molar-refractivity contribution < 1.29 is 14.2 Å². The molecule has 0 aromatic heterocycles. The van der Waals surface area contributed by atoms with Crippen molar-refractivity contribution in [2.75, 3.05) is 0 Å². The Labute approximate surface area is 120 Å². The van der Waals surface area contributed by atoms with E-state index in [-0.39, 0.29) is 18.3 Å². The molecule has 1 saturated carbocycles. The average Bonchev–Trinajstić information content (AvgIpc) is 3.01. The molecule has 0 spiro atoms. The summed E-state index contributed by atoms with van der Waals surface area (Å²) in [7, 11) is 0. The molecule has 0 bridgehead atoms. The van der Waals surface area contributed by atoms with Crippen molar-refractivity contribution in [2.24, 2.45) is 5.92 Å². The first kappa shape index (κ1) is 12.8. The molecule has 2 aliphatic heterocycles. The molecule has 3 heteroatoms. The standard InChI is InChI=1S/C17H22O3/c1-17(2)19-15-12-9-6-10-13(12)18-14(16(15)20-17)11-7-4-3-5-8-11/h3-5,7-8,12-16H,6,9-10H2,1-2H3/t12-,13-,14+,15+,16+/m0/s1. The number of fused-ring (bicyclic) bond motifs is 3. The molecule has 2 heterocycles. The summed E-state index contributed by atoms with van der Waals surface area (Å²) in [5.74, 6) is 0.00479. The van der Waals surface area contributed by atoms with Gasteiger partial charge in [-0.1, -0.05) is 36.8 Å². The topological polar surface area (TPSA) is 27.7 Å². The van der Waals surface area contributed by atoms with Gasteiger partial charge in [-0.15, -0.1) is 0 Å². The van der Waals surface area contributed by atoms with Crippen molar-refractivity contribution in [1.82, 2.24) is 0 Å². The summed E-state index contributed by atoms with van der Waals surface area (Å²) < 4.78 is 18.8. The Morgan fingerprint density at radius 1 is 1.00 bits per heavy atom. The van der Waals surface area contributed by atoms with Crippen LogP contribution in [0.3, 0.4) is 0 Å². The minimum absolute atomic E-state index is 0.00215. The van der Waals surface area contributed by atoms with Crippen LogP contribution in [0.4, 0.5) is 0 Å². The second kappa shape index (κ2) is 4.55. The maximum atomic E-state index is 6.40. The van der Waals surface area contributed by atoms with E-state index in [1.54, 1.807) is 0 Å². The Balaban J connectivity index is 1.69. The molecule has 1 aromatic rings. The summed E-state index contributed by atoms with van der Waals surface area (Å²) in [5, 5.41) is 0. The Morgan fingerprint density at radius 3 is 2.55 bits per heavy atom. The predicted molar refractivity (Wildman–Crippen MR) is 75.2 cm³/mol. The third-order valence-corrected chi connectivity index (χ3v) is 4.84. The minimum Gasteiger partial charge on any atom is -0.367 e. The van der Waals surface area contributed by atoms with Crippen LogP contribution in [-0.2, 0) is 14.2 Å². The number of benzene rings is 1. The number of rotatable bonds is 1. The van der Waals surface area contributed by atoms with E-state index in [0.29, 0.717) is 12.0 Å². The lowest BCUT2D eigenvalue weighted by atomic mass is 9.86. The molecule has 3 nitrogen and oxygen atoms in total. The van der Waals surface area contributed by atoms with Crippen LogP contribution >= 0.6 is 0 Å².